The van der Waals surface area contributed by atoms with Gasteiger partial charge < -0.3 is 4.74 Å². The van der Waals surface area contributed by atoms with Crippen LogP contribution in [0.25, 0.3) is 0 Å². The molecule has 1 aliphatic rings. The molecule has 0 saturated carbocycles. The van der Waals surface area contributed by atoms with E-state index < -0.39 is 0 Å². The lowest BCUT2D eigenvalue weighted by Gasteiger charge is -2.11. The van der Waals surface area contributed by atoms with Gasteiger partial charge >= 0.3 is 5.97 Å². The van der Waals surface area contributed by atoms with Crippen molar-refractivity contribution >= 4 is 5.97 Å². The third-order valence-corrected chi connectivity index (χ3v) is 2.00. The molecule has 1 aliphatic heterocycles. The maximum absolute atomic E-state index is 10.9. The van der Waals surface area contributed by atoms with E-state index in [9.17, 15) is 4.79 Å². The van der Waals surface area contributed by atoms with E-state index in [0.29, 0.717) is 5.92 Å². The number of cyclic esters (lactones) is 1. The first-order valence-electron chi connectivity index (χ1n) is 3.81. The molecule has 2 atom stereocenters. The van der Waals surface area contributed by atoms with Crippen molar-refractivity contribution in [2.45, 2.75) is 33.3 Å². The molecule has 1 heterocycles. The van der Waals surface area contributed by atoms with Gasteiger partial charge in [-0.3, -0.25) is 4.79 Å². The second-order valence-corrected chi connectivity index (χ2v) is 3.36. The lowest BCUT2D eigenvalue weighted by atomic mass is 10.00. The molecule has 10 heavy (non-hydrogen) atoms. The van der Waals surface area contributed by atoms with Gasteiger partial charge in [0.15, 0.2) is 0 Å². The largest absolute Gasteiger partial charge is 0.462 e. The fourth-order valence-corrected chi connectivity index (χ4v) is 1.17. The number of hydrogen-bond acceptors (Lipinski definition) is 2. The Balaban J connectivity index is 2.49. The second-order valence-electron chi connectivity index (χ2n) is 3.36. The Morgan fingerprint density at radius 2 is 2.20 bits per heavy atom. The van der Waals surface area contributed by atoms with E-state index in [-0.39, 0.29) is 18.0 Å². The molecular formula is C8H14O2. The van der Waals surface area contributed by atoms with Crippen LogP contribution in [0.3, 0.4) is 0 Å². The fourth-order valence-electron chi connectivity index (χ4n) is 1.17. The monoisotopic (exact) mass is 142 g/mol. The summed E-state index contributed by atoms with van der Waals surface area (Å²) < 4.78 is 5.10. The van der Waals surface area contributed by atoms with Gasteiger partial charge in [-0.15, -0.1) is 0 Å². The number of esters is 1. The summed E-state index contributed by atoms with van der Waals surface area (Å²) in [4.78, 5) is 10.9. The average molecular weight is 142 g/mol. The van der Waals surface area contributed by atoms with E-state index in [1.165, 1.54) is 0 Å². The highest BCUT2D eigenvalue weighted by atomic mass is 16.6. The zero-order valence-corrected chi connectivity index (χ0v) is 6.76. The van der Waals surface area contributed by atoms with Gasteiger partial charge in [0.25, 0.3) is 0 Å². The van der Waals surface area contributed by atoms with Crippen LogP contribution in [-0.4, -0.2) is 12.1 Å². The molecule has 0 aromatic heterocycles. The van der Waals surface area contributed by atoms with E-state index in [0.717, 1.165) is 6.42 Å². The minimum Gasteiger partial charge on any atom is -0.462 e. The van der Waals surface area contributed by atoms with Gasteiger partial charge in [-0.05, 0) is 12.3 Å². The maximum atomic E-state index is 10.9. The van der Waals surface area contributed by atoms with E-state index in [4.69, 9.17) is 4.74 Å². The maximum Gasteiger partial charge on any atom is 0.309 e. The molecule has 2 nitrogen and oxygen atoms in total. The zero-order valence-electron chi connectivity index (χ0n) is 6.76. The molecule has 2 heteroatoms. The van der Waals surface area contributed by atoms with Crippen LogP contribution in [0, 0.1) is 11.8 Å². The summed E-state index contributed by atoms with van der Waals surface area (Å²) in [6, 6.07) is 0. The van der Waals surface area contributed by atoms with Gasteiger partial charge in [0.2, 0.25) is 0 Å². The molecule has 0 bridgehead atoms. The smallest absolute Gasteiger partial charge is 0.309 e. The zero-order chi connectivity index (χ0) is 7.72. The van der Waals surface area contributed by atoms with E-state index >= 15 is 0 Å². The molecule has 0 amide bonds. The first-order chi connectivity index (χ1) is 4.61. The van der Waals surface area contributed by atoms with Crippen LogP contribution in [0.5, 0.6) is 0 Å². The topological polar surface area (TPSA) is 26.3 Å². The van der Waals surface area contributed by atoms with Crippen LogP contribution in [-0.2, 0) is 9.53 Å². The highest BCUT2D eigenvalue weighted by Gasteiger charge is 2.32. The van der Waals surface area contributed by atoms with E-state index in [2.05, 4.69) is 13.8 Å². The third-order valence-electron chi connectivity index (χ3n) is 2.00. The molecule has 0 spiro atoms. The van der Waals surface area contributed by atoms with Gasteiger partial charge in [-0.2, -0.15) is 0 Å². The first kappa shape index (κ1) is 7.58. The SMILES string of the molecule is CC1CC(C(C)C)OC1=O. The van der Waals surface area contributed by atoms with Gasteiger partial charge in [-0.25, -0.2) is 0 Å². The Morgan fingerprint density at radius 1 is 1.60 bits per heavy atom. The van der Waals surface area contributed by atoms with Crippen LogP contribution >= 0.6 is 0 Å². The van der Waals surface area contributed by atoms with E-state index in [1.54, 1.807) is 0 Å². The fraction of sp³-hybridized carbons (Fsp3) is 0.875. The van der Waals surface area contributed by atoms with Crippen molar-refractivity contribution in [3.63, 3.8) is 0 Å². The molecule has 1 saturated heterocycles. The van der Waals surface area contributed by atoms with Crippen molar-refractivity contribution in [2.75, 3.05) is 0 Å². The Hall–Kier alpha value is -0.530. The summed E-state index contributed by atoms with van der Waals surface area (Å²) in [7, 11) is 0. The van der Waals surface area contributed by atoms with Crippen molar-refractivity contribution in [1.29, 1.82) is 0 Å². The van der Waals surface area contributed by atoms with Crippen molar-refractivity contribution < 1.29 is 9.53 Å². The standard InChI is InChI=1S/C8H14O2/c1-5(2)7-4-6(3)8(9)10-7/h5-7H,4H2,1-3H3. The average Bonchev–Trinajstić information content (AvgIpc) is 2.13. The van der Waals surface area contributed by atoms with E-state index in [1.807, 2.05) is 6.92 Å². The molecule has 0 aliphatic carbocycles. The van der Waals surface area contributed by atoms with Crippen molar-refractivity contribution in [3.05, 3.63) is 0 Å². The lowest BCUT2D eigenvalue weighted by molar-refractivity contribution is -0.145. The minimum absolute atomic E-state index is 0.0290. The number of rotatable bonds is 1. The highest BCUT2D eigenvalue weighted by molar-refractivity contribution is 5.74. The van der Waals surface area contributed by atoms with Gasteiger partial charge in [0, 0.05) is 0 Å². The number of hydrogen-bond donors (Lipinski definition) is 0. The van der Waals surface area contributed by atoms with Crippen LogP contribution < -0.4 is 0 Å². The molecule has 2 unspecified atom stereocenters. The summed E-state index contributed by atoms with van der Waals surface area (Å²) in [5.74, 6) is 0.556. The number of carbonyl (C=O) groups is 1. The molecule has 0 radical (unpaired) electrons. The number of ether oxygens (including phenoxy) is 1. The van der Waals surface area contributed by atoms with Gasteiger partial charge in [-0.1, -0.05) is 20.8 Å². The van der Waals surface area contributed by atoms with Crippen molar-refractivity contribution in [2.24, 2.45) is 11.8 Å². The van der Waals surface area contributed by atoms with Gasteiger partial charge in [0.1, 0.15) is 6.10 Å². The molecule has 1 rings (SSSR count). The number of carbonyl (C=O) groups excluding carboxylic acids is 1. The predicted octanol–water partition coefficient (Wildman–Crippen LogP) is 1.59. The predicted molar refractivity (Wildman–Crippen MR) is 38.5 cm³/mol. The summed E-state index contributed by atoms with van der Waals surface area (Å²) in [5.41, 5.74) is 0. The summed E-state index contributed by atoms with van der Waals surface area (Å²) in [5, 5.41) is 0. The Bertz CT molecular complexity index is 140. The Kier molecular flexibility index (Phi) is 1.97. The molecular weight excluding hydrogens is 128 g/mol. The minimum atomic E-state index is -0.0290. The van der Waals surface area contributed by atoms with Crippen LogP contribution in [0.2, 0.25) is 0 Å². The van der Waals surface area contributed by atoms with Crippen molar-refractivity contribution in [1.82, 2.24) is 0 Å². The van der Waals surface area contributed by atoms with Crippen LogP contribution in [0.4, 0.5) is 0 Å². The summed E-state index contributed by atoms with van der Waals surface area (Å²) in [6.07, 6.45) is 1.07. The first-order valence-corrected chi connectivity index (χ1v) is 3.81. The van der Waals surface area contributed by atoms with Crippen LogP contribution in [0.15, 0.2) is 0 Å². The second kappa shape index (κ2) is 2.60. The molecule has 1 fully saturated rings. The summed E-state index contributed by atoms with van der Waals surface area (Å²) in [6.45, 7) is 6.08. The quantitative estimate of drug-likeness (QED) is 0.520. The summed E-state index contributed by atoms with van der Waals surface area (Å²) >= 11 is 0. The Labute approximate surface area is 61.6 Å². The lowest BCUT2D eigenvalue weighted by Crippen LogP contribution is -2.13. The molecule has 58 valence electrons. The normalized spacial score (nSPS) is 33.0. The molecule has 0 aromatic rings. The molecule has 0 aromatic carbocycles. The van der Waals surface area contributed by atoms with Gasteiger partial charge in [0.05, 0.1) is 5.92 Å². The van der Waals surface area contributed by atoms with Crippen molar-refractivity contribution in [3.8, 4) is 0 Å². The highest BCUT2D eigenvalue weighted by Crippen LogP contribution is 2.25. The third kappa shape index (κ3) is 1.31. The molecule has 0 N–H and O–H groups in total. The Morgan fingerprint density at radius 3 is 2.40 bits per heavy atom. The van der Waals surface area contributed by atoms with Crippen LogP contribution in [0.1, 0.15) is 27.2 Å².